The van der Waals surface area contributed by atoms with Crippen molar-refractivity contribution in [3.63, 3.8) is 0 Å². The Morgan fingerprint density at radius 3 is 2.21 bits per heavy atom. The molecule has 1 aromatic carbocycles. The molecule has 3 aromatic rings. The molecule has 0 unspecified atom stereocenters. The monoisotopic (exact) mass is 413 g/mol. The van der Waals surface area contributed by atoms with E-state index in [1.165, 1.54) is 0 Å². The van der Waals surface area contributed by atoms with E-state index in [2.05, 4.69) is 35.1 Å². The standard InChI is InChI=1S/C18H20ClN9O/c19-14-5-2-1-4-13(14)12-22-15-23-16(26-29)25-18(24-15)28-10-8-27(9-11-28)17-20-6-3-7-21-17/h1-7,29H,8-12H2,(H2,22,23,24,25,26). The van der Waals surface area contributed by atoms with E-state index in [1.54, 1.807) is 18.5 Å². The summed E-state index contributed by atoms with van der Waals surface area (Å²) >= 11 is 6.20. The van der Waals surface area contributed by atoms with Crippen molar-refractivity contribution < 1.29 is 5.21 Å². The van der Waals surface area contributed by atoms with Crippen LogP contribution in [0.1, 0.15) is 5.56 Å². The summed E-state index contributed by atoms with van der Waals surface area (Å²) in [5.41, 5.74) is 2.93. The maximum absolute atomic E-state index is 9.31. The van der Waals surface area contributed by atoms with Gasteiger partial charge in [-0.25, -0.2) is 15.4 Å². The first kappa shape index (κ1) is 19.1. The van der Waals surface area contributed by atoms with Crippen LogP contribution >= 0.6 is 11.6 Å². The minimum Gasteiger partial charge on any atom is -0.350 e. The summed E-state index contributed by atoms with van der Waals surface area (Å²) in [6.45, 7) is 3.31. The number of benzene rings is 1. The molecule has 4 rings (SSSR count). The van der Waals surface area contributed by atoms with E-state index in [0.717, 1.165) is 18.7 Å². The Labute approximate surface area is 172 Å². The van der Waals surface area contributed by atoms with E-state index >= 15 is 0 Å². The van der Waals surface area contributed by atoms with Crippen LogP contribution in [-0.4, -0.2) is 56.3 Å². The Morgan fingerprint density at radius 1 is 0.862 bits per heavy atom. The molecule has 1 fully saturated rings. The smallest absolute Gasteiger partial charge is 0.253 e. The quantitative estimate of drug-likeness (QED) is 0.518. The van der Waals surface area contributed by atoms with E-state index in [1.807, 2.05) is 34.6 Å². The van der Waals surface area contributed by atoms with Gasteiger partial charge in [0, 0.05) is 50.1 Å². The molecule has 1 aliphatic heterocycles. The van der Waals surface area contributed by atoms with E-state index in [-0.39, 0.29) is 5.95 Å². The Hall–Kier alpha value is -3.24. The van der Waals surface area contributed by atoms with E-state index in [9.17, 15) is 5.21 Å². The molecular formula is C18H20ClN9O. The zero-order chi connectivity index (χ0) is 20.1. The van der Waals surface area contributed by atoms with Gasteiger partial charge in [0.1, 0.15) is 0 Å². The third kappa shape index (κ3) is 4.61. The zero-order valence-electron chi connectivity index (χ0n) is 15.5. The van der Waals surface area contributed by atoms with Gasteiger partial charge in [-0.2, -0.15) is 15.0 Å². The van der Waals surface area contributed by atoms with Crippen molar-refractivity contribution >= 4 is 35.4 Å². The zero-order valence-corrected chi connectivity index (χ0v) is 16.3. The number of hydrogen-bond donors (Lipinski definition) is 3. The maximum atomic E-state index is 9.31. The number of hydrogen-bond acceptors (Lipinski definition) is 10. The first-order chi connectivity index (χ1) is 14.2. The summed E-state index contributed by atoms with van der Waals surface area (Å²) < 4.78 is 0. The van der Waals surface area contributed by atoms with Crippen LogP contribution < -0.4 is 20.6 Å². The molecule has 11 heteroatoms. The van der Waals surface area contributed by atoms with Crippen LogP contribution in [0.3, 0.4) is 0 Å². The van der Waals surface area contributed by atoms with Gasteiger partial charge in [-0.15, -0.1) is 0 Å². The third-order valence-corrected chi connectivity index (χ3v) is 4.88. The van der Waals surface area contributed by atoms with Crippen LogP contribution in [-0.2, 0) is 6.54 Å². The Balaban J connectivity index is 1.45. The van der Waals surface area contributed by atoms with Crippen LogP contribution in [0.2, 0.25) is 5.02 Å². The molecule has 0 amide bonds. The molecule has 0 spiro atoms. The minimum absolute atomic E-state index is 0.0745. The molecule has 0 saturated carbocycles. The topological polar surface area (TPSA) is 115 Å². The second-order valence-electron chi connectivity index (χ2n) is 6.36. The summed E-state index contributed by atoms with van der Waals surface area (Å²) in [4.78, 5) is 25.7. The van der Waals surface area contributed by atoms with Gasteiger partial charge in [0.25, 0.3) is 5.95 Å². The third-order valence-electron chi connectivity index (χ3n) is 4.52. The fourth-order valence-electron chi connectivity index (χ4n) is 3.01. The molecule has 0 aliphatic carbocycles. The molecule has 3 N–H and O–H groups in total. The normalized spacial score (nSPS) is 14.0. The number of halogens is 1. The molecule has 1 saturated heterocycles. The molecule has 29 heavy (non-hydrogen) atoms. The van der Waals surface area contributed by atoms with Crippen LogP contribution in [0.25, 0.3) is 0 Å². The molecule has 0 atom stereocenters. The van der Waals surface area contributed by atoms with Crippen molar-refractivity contribution in [3.05, 3.63) is 53.3 Å². The predicted octanol–water partition coefficient (Wildman–Crippen LogP) is 2.05. The number of aromatic nitrogens is 5. The van der Waals surface area contributed by atoms with Crippen molar-refractivity contribution in [1.82, 2.24) is 24.9 Å². The lowest BCUT2D eigenvalue weighted by Gasteiger charge is -2.34. The minimum atomic E-state index is 0.0745. The Morgan fingerprint density at radius 2 is 1.52 bits per heavy atom. The highest BCUT2D eigenvalue weighted by Gasteiger charge is 2.22. The highest BCUT2D eigenvalue weighted by Crippen LogP contribution is 2.19. The number of nitrogens with zero attached hydrogens (tertiary/aromatic N) is 7. The highest BCUT2D eigenvalue weighted by molar-refractivity contribution is 6.31. The second-order valence-corrected chi connectivity index (χ2v) is 6.77. The summed E-state index contributed by atoms with van der Waals surface area (Å²) in [5, 5.41) is 13.1. The lowest BCUT2D eigenvalue weighted by atomic mass is 10.2. The van der Waals surface area contributed by atoms with E-state index in [4.69, 9.17) is 11.6 Å². The first-order valence-electron chi connectivity index (χ1n) is 9.13. The van der Waals surface area contributed by atoms with Crippen molar-refractivity contribution in [2.24, 2.45) is 0 Å². The van der Waals surface area contributed by atoms with Crippen LogP contribution in [0.15, 0.2) is 42.7 Å². The fraction of sp³-hybridized carbons (Fsp3) is 0.278. The SMILES string of the molecule is ONc1nc(NCc2ccccc2Cl)nc(N2CCN(c3ncccn3)CC2)n1. The maximum Gasteiger partial charge on any atom is 0.253 e. The summed E-state index contributed by atoms with van der Waals surface area (Å²) in [6, 6.07) is 9.34. The van der Waals surface area contributed by atoms with Gasteiger partial charge < -0.3 is 15.1 Å². The Kier molecular flexibility index (Phi) is 5.82. The second kappa shape index (κ2) is 8.84. The van der Waals surface area contributed by atoms with Gasteiger partial charge in [-0.05, 0) is 17.7 Å². The number of anilines is 4. The van der Waals surface area contributed by atoms with Gasteiger partial charge in [0.15, 0.2) is 0 Å². The Bertz CT molecular complexity index is 951. The number of piperazine rings is 1. The van der Waals surface area contributed by atoms with E-state index in [0.29, 0.717) is 42.5 Å². The highest BCUT2D eigenvalue weighted by atomic mass is 35.5. The van der Waals surface area contributed by atoms with Gasteiger partial charge in [-0.1, -0.05) is 29.8 Å². The lowest BCUT2D eigenvalue weighted by molar-refractivity contribution is 0.382. The number of nitrogens with one attached hydrogen (secondary N) is 2. The van der Waals surface area contributed by atoms with Crippen molar-refractivity contribution in [2.45, 2.75) is 6.54 Å². The average molecular weight is 414 g/mol. The molecular weight excluding hydrogens is 394 g/mol. The van der Waals surface area contributed by atoms with Gasteiger partial charge in [0.05, 0.1) is 0 Å². The largest absolute Gasteiger partial charge is 0.350 e. The summed E-state index contributed by atoms with van der Waals surface area (Å²) in [7, 11) is 0. The molecule has 150 valence electrons. The number of rotatable bonds is 6. The van der Waals surface area contributed by atoms with Crippen molar-refractivity contribution in [2.75, 3.05) is 46.8 Å². The van der Waals surface area contributed by atoms with Crippen LogP contribution in [0, 0.1) is 0 Å². The molecule has 1 aliphatic rings. The van der Waals surface area contributed by atoms with Gasteiger partial charge >= 0.3 is 0 Å². The van der Waals surface area contributed by atoms with Crippen molar-refractivity contribution in [3.8, 4) is 0 Å². The van der Waals surface area contributed by atoms with Gasteiger partial charge in [0.2, 0.25) is 17.8 Å². The average Bonchev–Trinajstić information content (AvgIpc) is 2.79. The molecule has 0 radical (unpaired) electrons. The first-order valence-corrected chi connectivity index (χ1v) is 9.51. The fourth-order valence-corrected chi connectivity index (χ4v) is 3.21. The summed E-state index contributed by atoms with van der Waals surface area (Å²) in [6.07, 6.45) is 3.47. The molecule has 0 bridgehead atoms. The van der Waals surface area contributed by atoms with Gasteiger partial charge in [-0.3, -0.25) is 5.21 Å². The van der Waals surface area contributed by atoms with Crippen molar-refractivity contribution in [1.29, 1.82) is 0 Å². The van der Waals surface area contributed by atoms with Crippen LogP contribution in [0.4, 0.5) is 23.8 Å². The molecule has 10 nitrogen and oxygen atoms in total. The molecule has 2 aromatic heterocycles. The predicted molar refractivity (Wildman–Crippen MR) is 110 cm³/mol. The molecule has 3 heterocycles. The van der Waals surface area contributed by atoms with Crippen LogP contribution in [0.5, 0.6) is 0 Å². The lowest BCUT2D eigenvalue weighted by Crippen LogP contribution is -2.47. The van der Waals surface area contributed by atoms with E-state index < -0.39 is 0 Å². The summed E-state index contributed by atoms with van der Waals surface area (Å²) in [5.74, 6) is 1.61.